The van der Waals surface area contributed by atoms with Gasteiger partial charge in [0, 0.05) is 6.07 Å². The molecule has 4 nitrogen and oxygen atoms in total. The normalized spacial score (nSPS) is 11.2. The molecule has 0 radical (unpaired) electrons. The summed E-state index contributed by atoms with van der Waals surface area (Å²) in [5, 5.41) is 20.6. The minimum absolute atomic E-state index is 0.0416. The van der Waals surface area contributed by atoms with Crippen molar-refractivity contribution in [2.24, 2.45) is 0 Å². The third-order valence-electron chi connectivity index (χ3n) is 3.67. The summed E-state index contributed by atoms with van der Waals surface area (Å²) in [6.07, 6.45) is 0. The number of para-hydroxylation sites is 1. The van der Waals surface area contributed by atoms with Gasteiger partial charge in [-0.3, -0.25) is 4.57 Å². The molecule has 0 aliphatic carbocycles. The lowest BCUT2D eigenvalue weighted by atomic mass is 10.2. The molecule has 4 aromatic rings. The Labute approximate surface area is 147 Å². The lowest BCUT2D eigenvalue weighted by Gasteiger charge is -2.07. The van der Waals surface area contributed by atoms with Crippen molar-refractivity contribution in [3.05, 3.63) is 66.2 Å². The highest BCUT2D eigenvalue weighted by Gasteiger charge is 2.17. The van der Waals surface area contributed by atoms with E-state index >= 15 is 0 Å². The van der Waals surface area contributed by atoms with E-state index in [4.69, 9.17) is 0 Å². The fraction of sp³-hybridized carbons (Fsp3) is 0.0556. The van der Waals surface area contributed by atoms with Gasteiger partial charge in [-0.1, -0.05) is 54.2 Å². The third-order valence-corrected chi connectivity index (χ3v) is 5.79. The van der Waals surface area contributed by atoms with Crippen LogP contribution in [0, 0.1) is 0 Å². The topological polar surface area (TPSA) is 58.3 Å². The number of rotatable bonds is 4. The molecule has 0 amide bonds. The van der Waals surface area contributed by atoms with Gasteiger partial charge in [0.15, 0.2) is 10.2 Å². The first-order valence-electron chi connectivity index (χ1n) is 7.39. The van der Waals surface area contributed by atoms with Gasteiger partial charge in [-0.05, 0) is 17.7 Å². The molecule has 0 aliphatic rings. The summed E-state index contributed by atoms with van der Waals surface area (Å²) in [4.78, 5) is 5.15. The van der Waals surface area contributed by atoms with Gasteiger partial charge in [0.05, 0.1) is 21.7 Å². The summed E-state index contributed by atoms with van der Waals surface area (Å²) >= 11 is 2.93. The van der Waals surface area contributed by atoms with E-state index in [9.17, 15) is 10.2 Å². The van der Waals surface area contributed by atoms with E-state index < -0.39 is 0 Å². The SMILES string of the molecule is Oc1cc(Sc2nc3ccccc3s2)c(O)n1Cc1ccccc1. The average molecular weight is 354 g/mol. The van der Waals surface area contributed by atoms with Crippen LogP contribution in [0.2, 0.25) is 0 Å². The standard InChI is InChI=1S/C18H14N2O2S2/c21-16-10-15(17(22)20(16)11-12-6-2-1-3-7-12)24-18-19-13-8-4-5-9-14(13)23-18/h1-10,21-22H,11H2. The Balaban J connectivity index is 1.63. The molecule has 0 spiro atoms. The second kappa shape index (κ2) is 6.22. The minimum Gasteiger partial charge on any atom is -0.494 e. The summed E-state index contributed by atoms with van der Waals surface area (Å²) in [5.74, 6) is 0.0978. The van der Waals surface area contributed by atoms with E-state index in [1.807, 2.05) is 54.6 Å². The Bertz CT molecular complexity index is 960. The summed E-state index contributed by atoms with van der Waals surface area (Å²) in [5.41, 5.74) is 1.95. The zero-order valence-corrected chi connectivity index (χ0v) is 14.2. The van der Waals surface area contributed by atoms with Crippen molar-refractivity contribution >= 4 is 33.3 Å². The van der Waals surface area contributed by atoms with Gasteiger partial charge in [0.2, 0.25) is 5.88 Å². The number of hydrogen-bond donors (Lipinski definition) is 2. The van der Waals surface area contributed by atoms with Crippen LogP contribution in [-0.2, 0) is 6.54 Å². The van der Waals surface area contributed by atoms with Crippen LogP contribution in [-0.4, -0.2) is 19.8 Å². The van der Waals surface area contributed by atoms with E-state index in [-0.39, 0.29) is 11.8 Å². The van der Waals surface area contributed by atoms with Crippen LogP contribution >= 0.6 is 23.1 Å². The monoisotopic (exact) mass is 354 g/mol. The lowest BCUT2D eigenvalue weighted by Crippen LogP contribution is -1.97. The fourth-order valence-corrected chi connectivity index (χ4v) is 4.59. The molecule has 2 heterocycles. The summed E-state index contributed by atoms with van der Waals surface area (Å²) in [7, 11) is 0. The maximum absolute atomic E-state index is 10.5. The van der Waals surface area contributed by atoms with Crippen LogP contribution in [0.5, 0.6) is 11.8 Å². The average Bonchev–Trinajstić information content (AvgIpc) is 3.12. The number of hydrogen-bond acceptors (Lipinski definition) is 5. The highest BCUT2D eigenvalue weighted by atomic mass is 32.2. The molecule has 6 heteroatoms. The third kappa shape index (κ3) is 2.86. The minimum atomic E-state index is 0.0416. The van der Waals surface area contributed by atoms with E-state index in [0.717, 1.165) is 20.1 Å². The molecular weight excluding hydrogens is 340 g/mol. The van der Waals surface area contributed by atoms with Gasteiger partial charge in [0.25, 0.3) is 0 Å². The van der Waals surface area contributed by atoms with Crippen LogP contribution in [0.3, 0.4) is 0 Å². The molecule has 4 rings (SSSR count). The Morgan fingerprint density at radius 1 is 1.00 bits per heavy atom. The van der Waals surface area contributed by atoms with Crippen molar-refractivity contribution in [1.29, 1.82) is 0 Å². The molecule has 0 unspecified atom stereocenters. The molecule has 0 bridgehead atoms. The van der Waals surface area contributed by atoms with Crippen LogP contribution in [0.25, 0.3) is 10.2 Å². The number of aromatic nitrogens is 2. The van der Waals surface area contributed by atoms with E-state index in [1.165, 1.54) is 16.3 Å². The second-order valence-electron chi connectivity index (χ2n) is 5.31. The Morgan fingerprint density at radius 2 is 1.75 bits per heavy atom. The molecule has 0 saturated carbocycles. The van der Waals surface area contributed by atoms with E-state index in [1.54, 1.807) is 17.4 Å². The molecule has 2 aromatic carbocycles. The number of thiazole rings is 1. The van der Waals surface area contributed by atoms with Crippen molar-refractivity contribution < 1.29 is 10.2 Å². The summed E-state index contributed by atoms with van der Waals surface area (Å²) in [6, 6.07) is 19.2. The molecule has 0 atom stereocenters. The predicted octanol–water partition coefficient (Wildman–Crippen LogP) is 4.71. The van der Waals surface area contributed by atoms with Crippen molar-refractivity contribution in [3.63, 3.8) is 0 Å². The molecule has 24 heavy (non-hydrogen) atoms. The Morgan fingerprint density at radius 3 is 2.54 bits per heavy atom. The number of benzene rings is 2. The molecule has 2 N–H and O–H groups in total. The molecule has 0 fully saturated rings. The molecule has 120 valence electrons. The van der Waals surface area contributed by atoms with Crippen LogP contribution in [0.15, 0.2) is 69.9 Å². The second-order valence-corrected chi connectivity index (χ2v) is 7.63. The molecule has 0 saturated heterocycles. The maximum Gasteiger partial charge on any atom is 0.208 e. The quantitative estimate of drug-likeness (QED) is 0.557. The van der Waals surface area contributed by atoms with Gasteiger partial charge >= 0.3 is 0 Å². The first-order chi connectivity index (χ1) is 11.7. The van der Waals surface area contributed by atoms with E-state index in [0.29, 0.717) is 11.4 Å². The van der Waals surface area contributed by atoms with Crippen LogP contribution in [0.1, 0.15) is 5.56 Å². The zero-order valence-electron chi connectivity index (χ0n) is 12.6. The summed E-state index contributed by atoms with van der Waals surface area (Å²) < 4.78 is 3.43. The van der Waals surface area contributed by atoms with Crippen molar-refractivity contribution in [1.82, 2.24) is 9.55 Å². The highest BCUT2D eigenvalue weighted by Crippen LogP contribution is 2.42. The Hall–Kier alpha value is -2.44. The first-order valence-corrected chi connectivity index (χ1v) is 9.03. The number of nitrogens with zero attached hydrogens (tertiary/aromatic N) is 2. The largest absolute Gasteiger partial charge is 0.494 e. The van der Waals surface area contributed by atoms with Crippen molar-refractivity contribution in [3.8, 4) is 11.8 Å². The molecule has 0 aliphatic heterocycles. The molecule has 2 aromatic heterocycles. The van der Waals surface area contributed by atoms with Crippen LogP contribution in [0.4, 0.5) is 0 Å². The lowest BCUT2D eigenvalue weighted by molar-refractivity contribution is 0.373. The van der Waals surface area contributed by atoms with Gasteiger partial charge in [-0.25, -0.2) is 4.98 Å². The smallest absolute Gasteiger partial charge is 0.208 e. The molecular formula is C18H14N2O2S2. The summed E-state index contributed by atoms with van der Waals surface area (Å²) in [6.45, 7) is 0.416. The van der Waals surface area contributed by atoms with Crippen molar-refractivity contribution in [2.75, 3.05) is 0 Å². The van der Waals surface area contributed by atoms with E-state index in [2.05, 4.69) is 4.98 Å². The predicted molar refractivity (Wildman–Crippen MR) is 97.0 cm³/mol. The zero-order chi connectivity index (χ0) is 16.5. The first kappa shape index (κ1) is 15.1. The number of fused-ring (bicyclic) bond motifs is 1. The fourth-order valence-electron chi connectivity index (χ4n) is 2.49. The van der Waals surface area contributed by atoms with Gasteiger partial charge in [0.1, 0.15) is 0 Å². The van der Waals surface area contributed by atoms with Gasteiger partial charge in [-0.2, -0.15) is 0 Å². The number of aromatic hydroxyl groups is 2. The van der Waals surface area contributed by atoms with Gasteiger partial charge in [-0.15, -0.1) is 11.3 Å². The Kier molecular flexibility index (Phi) is 3.92. The van der Waals surface area contributed by atoms with Crippen LogP contribution < -0.4 is 0 Å². The maximum atomic E-state index is 10.5. The van der Waals surface area contributed by atoms with Gasteiger partial charge < -0.3 is 10.2 Å². The van der Waals surface area contributed by atoms with Crippen molar-refractivity contribution in [2.45, 2.75) is 15.8 Å². The highest BCUT2D eigenvalue weighted by molar-refractivity contribution is 8.01.